The smallest absolute Gasteiger partial charge is 0.280 e. The van der Waals surface area contributed by atoms with Crippen LogP contribution in [0.1, 0.15) is 38.6 Å². The normalized spacial score (nSPS) is 27.1. The molecule has 2 saturated heterocycles. The Morgan fingerprint density at radius 2 is 1.52 bits per heavy atom. The molecule has 6 heterocycles. The summed E-state index contributed by atoms with van der Waals surface area (Å²) >= 11 is 0. The van der Waals surface area contributed by atoms with Crippen LogP contribution in [0, 0.1) is 0 Å². The number of fused-ring (bicyclic) bond motifs is 2. The lowest BCUT2D eigenvalue weighted by molar-refractivity contribution is -0.0432. The Morgan fingerprint density at radius 1 is 0.976 bits per heavy atom. The summed E-state index contributed by atoms with van der Waals surface area (Å²) in [6.07, 6.45) is 0.631. The number of imidazole rings is 2. The van der Waals surface area contributed by atoms with Crippen molar-refractivity contribution in [3.05, 3.63) is 33.4 Å². The van der Waals surface area contributed by atoms with Crippen molar-refractivity contribution in [1.82, 2.24) is 39.0 Å². The molecule has 2 fully saturated rings. The minimum Gasteiger partial charge on any atom is -0.394 e. The lowest BCUT2D eigenvalue weighted by Gasteiger charge is -2.15. The molecular formula is C24H30N10O8. The summed E-state index contributed by atoms with van der Waals surface area (Å²) in [6, 6.07) is -0.265. The van der Waals surface area contributed by atoms with Gasteiger partial charge in [-0.25, -0.2) is 15.0 Å². The fraction of sp³-hybridized carbons (Fsp3) is 0.542. The predicted octanol–water partition coefficient (Wildman–Crippen LogP) is -1.57. The number of nitrogens with one attached hydrogen (secondary N) is 3. The van der Waals surface area contributed by atoms with Crippen molar-refractivity contribution in [1.29, 1.82) is 0 Å². The van der Waals surface area contributed by atoms with Gasteiger partial charge in [0.2, 0.25) is 11.9 Å². The van der Waals surface area contributed by atoms with Crippen LogP contribution in [0.2, 0.25) is 0 Å². The molecule has 2 aliphatic rings. The Hall–Kier alpha value is -4.07. The fourth-order valence-corrected chi connectivity index (χ4v) is 5.08. The van der Waals surface area contributed by atoms with Crippen LogP contribution in [0.5, 0.6) is 0 Å². The summed E-state index contributed by atoms with van der Waals surface area (Å²) in [4.78, 5) is 51.8. The number of H-pyrrole nitrogens is 2. The second-order valence-corrected chi connectivity index (χ2v) is 10.3. The van der Waals surface area contributed by atoms with Gasteiger partial charge < -0.3 is 35.2 Å². The van der Waals surface area contributed by atoms with Crippen LogP contribution in [-0.4, -0.2) is 109 Å². The molecule has 6 rings (SSSR count). The van der Waals surface area contributed by atoms with Gasteiger partial charge in [-0.15, -0.1) is 0 Å². The number of hydrogen-bond donors (Lipinski definition) is 7. The molecule has 18 heteroatoms. The van der Waals surface area contributed by atoms with Crippen LogP contribution in [0.4, 0.5) is 11.9 Å². The van der Waals surface area contributed by atoms with Crippen molar-refractivity contribution in [2.75, 3.05) is 18.5 Å². The van der Waals surface area contributed by atoms with E-state index in [-0.39, 0.29) is 66.3 Å². The van der Waals surface area contributed by atoms with Gasteiger partial charge in [0.25, 0.3) is 11.1 Å². The van der Waals surface area contributed by atoms with E-state index in [4.69, 9.17) is 9.47 Å². The number of rotatable bonds is 9. The zero-order valence-electron chi connectivity index (χ0n) is 22.4. The van der Waals surface area contributed by atoms with Crippen LogP contribution in [0.15, 0.2) is 27.2 Å². The zero-order chi connectivity index (χ0) is 29.5. The molecule has 4 aromatic heterocycles. The van der Waals surface area contributed by atoms with E-state index >= 15 is 0 Å². The third-order valence-electron chi connectivity index (χ3n) is 7.30. The standard InChI is InChI=1S/C24H30N10O8/c1-10(28-24-30-20-18(22(40)32-24)27-9-34(20)16-5-12(38)14(7-36)42-16)2-3-25-23-29-19-17(21(39)31-23)26-8-33(19)15-4-11(37)13(6-35)41-15/h3,8-16,35-38H,2,4-7H2,1H3,(H,29,31,39)(H2,28,30,32,40)/b25-3+/t10?,11-,12-,13+,14+,15+,16+/m0/s1. The van der Waals surface area contributed by atoms with E-state index in [1.54, 1.807) is 10.8 Å². The Bertz CT molecular complexity index is 1730. The molecule has 7 atom stereocenters. The summed E-state index contributed by atoms with van der Waals surface area (Å²) in [5.74, 6) is 0.222. The van der Waals surface area contributed by atoms with E-state index < -0.39 is 48.0 Å². The van der Waals surface area contributed by atoms with Crippen LogP contribution < -0.4 is 16.4 Å². The Labute approximate surface area is 235 Å². The van der Waals surface area contributed by atoms with Crippen LogP contribution in [0.3, 0.4) is 0 Å². The van der Waals surface area contributed by atoms with Crippen molar-refractivity contribution in [2.45, 2.75) is 69.1 Å². The first-order valence-electron chi connectivity index (χ1n) is 13.4. The molecule has 0 amide bonds. The maximum absolute atomic E-state index is 12.6. The van der Waals surface area contributed by atoms with Gasteiger partial charge >= 0.3 is 0 Å². The number of aromatic nitrogens is 8. The topological polar surface area (TPSA) is 251 Å². The Morgan fingerprint density at radius 3 is 2.07 bits per heavy atom. The number of anilines is 1. The molecule has 0 aromatic carbocycles. The van der Waals surface area contributed by atoms with Gasteiger partial charge in [0.05, 0.1) is 38.1 Å². The van der Waals surface area contributed by atoms with Crippen molar-refractivity contribution >= 4 is 40.4 Å². The molecule has 0 aliphatic carbocycles. The number of ether oxygens (including phenoxy) is 2. The van der Waals surface area contributed by atoms with Crippen molar-refractivity contribution in [2.24, 2.45) is 4.99 Å². The maximum atomic E-state index is 12.6. The number of aliphatic hydroxyl groups is 4. The molecule has 18 nitrogen and oxygen atoms in total. The molecule has 2 aliphatic heterocycles. The lowest BCUT2D eigenvalue weighted by atomic mass is 10.2. The first-order valence-corrected chi connectivity index (χ1v) is 13.4. The average molecular weight is 587 g/mol. The summed E-state index contributed by atoms with van der Waals surface area (Å²) in [5.41, 5.74) is -0.282. The highest BCUT2D eigenvalue weighted by atomic mass is 16.5. The highest BCUT2D eigenvalue weighted by Crippen LogP contribution is 2.31. The van der Waals surface area contributed by atoms with E-state index in [2.05, 4.69) is 40.2 Å². The van der Waals surface area contributed by atoms with Gasteiger partial charge in [-0.3, -0.25) is 28.7 Å². The van der Waals surface area contributed by atoms with Crippen molar-refractivity contribution in [3.8, 4) is 0 Å². The third kappa shape index (κ3) is 5.19. The number of nitrogens with zero attached hydrogens (tertiary/aromatic N) is 7. The predicted molar refractivity (Wildman–Crippen MR) is 145 cm³/mol. The number of aliphatic imine (C=N–C) groups is 1. The second-order valence-electron chi connectivity index (χ2n) is 10.3. The molecule has 4 aromatic rings. The quantitative estimate of drug-likeness (QED) is 0.110. The molecule has 0 spiro atoms. The molecule has 7 N–H and O–H groups in total. The van der Waals surface area contributed by atoms with E-state index in [1.807, 2.05) is 6.92 Å². The highest BCUT2D eigenvalue weighted by molar-refractivity contribution is 5.72. The summed E-state index contributed by atoms with van der Waals surface area (Å²) in [7, 11) is 0. The summed E-state index contributed by atoms with van der Waals surface area (Å²) < 4.78 is 14.4. The van der Waals surface area contributed by atoms with E-state index in [1.165, 1.54) is 17.2 Å². The summed E-state index contributed by atoms with van der Waals surface area (Å²) in [5, 5.41) is 42.0. The molecular weight excluding hydrogens is 556 g/mol. The summed E-state index contributed by atoms with van der Waals surface area (Å²) in [6.45, 7) is 1.16. The zero-order valence-corrected chi connectivity index (χ0v) is 22.4. The van der Waals surface area contributed by atoms with Crippen LogP contribution in [0.25, 0.3) is 22.3 Å². The van der Waals surface area contributed by atoms with E-state index in [0.29, 0.717) is 6.42 Å². The number of hydrogen-bond acceptors (Lipinski definition) is 14. The van der Waals surface area contributed by atoms with Gasteiger partial charge in [0.1, 0.15) is 24.7 Å². The maximum Gasteiger partial charge on any atom is 0.280 e. The minimum absolute atomic E-state index is 0.0375. The van der Waals surface area contributed by atoms with E-state index in [0.717, 1.165) is 0 Å². The first-order chi connectivity index (χ1) is 20.2. The van der Waals surface area contributed by atoms with Gasteiger partial charge in [-0.05, 0) is 6.92 Å². The molecule has 0 radical (unpaired) electrons. The SMILES string of the molecule is CC(C/C=N/c1nc2c(ncn2[C@H]2C[C@H](O)[C@@H](CO)O2)c(=O)[nH]1)Nc1nc2c(ncn2[C@H]2C[C@H](O)[C@@H](CO)O2)c(=O)[nH]1. The number of aromatic amines is 2. The van der Waals surface area contributed by atoms with Crippen molar-refractivity contribution in [3.63, 3.8) is 0 Å². The highest BCUT2D eigenvalue weighted by Gasteiger charge is 2.36. The third-order valence-corrected chi connectivity index (χ3v) is 7.30. The second kappa shape index (κ2) is 11.3. The monoisotopic (exact) mass is 586 g/mol. The molecule has 0 bridgehead atoms. The van der Waals surface area contributed by atoms with Crippen molar-refractivity contribution < 1.29 is 29.9 Å². The van der Waals surface area contributed by atoms with E-state index in [9.17, 15) is 30.0 Å². The fourth-order valence-electron chi connectivity index (χ4n) is 5.08. The molecule has 42 heavy (non-hydrogen) atoms. The van der Waals surface area contributed by atoms with Gasteiger partial charge in [0.15, 0.2) is 22.3 Å². The number of aliphatic hydroxyl groups excluding tert-OH is 4. The minimum atomic E-state index is -0.862. The largest absolute Gasteiger partial charge is 0.394 e. The molecule has 224 valence electrons. The van der Waals surface area contributed by atoms with Crippen LogP contribution >= 0.6 is 0 Å². The van der Waals surface area contributed by atoms with Gasteiger partial charge in [-0.2, -0.15) is 9.97 Å². The molecule has 0 saturated carbocycles. The van der Waals surface area contributed by atoms with Gasteiger partial charge in [-0.1, -0.05) is 0 Å². The molecule has 1 unspecified atom stereocenters. The average Bonchev–Trinajstić information content (AvgIpc) is 3.73. The van der Waals surface area contributed by atoms with Crippen LogP contribution in [-0.2, 0) is 9.47 Å². The Kier molecular flexibility index (Phi) is 7.56. The first kappa shape index (κ1) is 28.1. The Balaban J connectivity index is 1.16. The van der Waals surface area contributed by atoms with Gasteiger partial charge in [0, 0.05) is 31.5 Å². The lowest BCUT2D eigenvalue weighted by Crippen LogP contribution is -2.24.